The molecule has 0 aromatic heterocycles. The van der Waals surface area contributed by atoms with Gasteiger partial charge in [-0.3, -0.25) is 0 Å². The van der Waals surface area contributed by atoms with Gasteiger partial charge in [0.2, 0.25) is 0 Å². The van der Waals surface area contributed by atoms with Crippen LogP contribution >= 0.6 is 0 Å². The van der Waals surface area contributed by atoms with E-state index in [4.69, 9.17) is 4.84 Å². The Balaban J connectivity index is 2.77. The fourth-order valence-corrected chi connectivity index (χ4v) is 1.01. The molecule has 0 amide bonds. The van der Waals surface area contributed by atoms with Crippen LogP contribution in [0.2, 0.25) is 0 Å². The first-order valence-corrected chi connectivity index (χ1v) is 4.47. The molecule has 0 N–H and O–H groups in total. The van der Waals surface area contributed by atoms with Gasteiger partial charge in [-0.15, -0.1) is 0 Å². The number of oxime groups is 1. The van der Waals surface area contributed by atoms with E-state index in [1.165, 1.54) is 5.56 Å². The zero-order valence-corrected chi connectivity index (χ0v) is 8.37. The number of aryl methyl sites for hydroxylation is 1. The van der Waals surface area contributed by atoms with E-state index < -0.39 is 0 Å². The summed E-state index contributed by atoms with van der Waals surface area (Å²) >= 11 is 0. The average molecular weight is 177 g/mol. The first kappa shape index (κ1) is 9.78. The van der Waals surface area contributed by atoms with E-state index in [2.05, 4.69) is 24.2 Å². The molecule has 2 nitrogen and oxygen atoms in total. The van der Waals surface area contributed by atoms with Crippen LogP contribution in [0.4, 0.5) is 0 Å². The molecule has 0 bridgehead atoms. The molecule has 1 aromatic carbocycles. The Morgan fingerprint density at radius 3 is 2.46 bits per heavy atom. The summed E-state index contributed by atoms with van der Waals surface area (Å²) in [5.74, 6) is 0. The zero-order valence-electron chi connectivity index (χ0n) is 8.37. The molecule has 1 rings (SSSR count). The molecule has 0 saturated heterocycles. The maximum Gasteiger partial charge on any atom is 0.114 e. The van der Waals surface area contributed by atoms with Crippen LogP contribution < -0.4 is 0 Å². The van der Waals surface area contributed by atoms with Gasteiger partial charge in [0.15, 0.2) is 0 Å². The predicted octanol–water partition coefficient (Wildman–Crippen LogP) is 2.76. The third kappa shape index (κ3) is 2.90. The highest BCUT2D eigenvalue weighted by Gasteiger charge is 1.96. The van der Waals surface area contributed by atoms with Crippen molar-refractivity contribution >= 4 is 5.71 Å². The van der Waals surface area contributed by atoms with Gasteiger partial charge in [0, 0.05) is 0 Å². The average Bonchev–Trinajstić information content (AvgIpc) is 2.15. The SMILES string of the molecule is CCON=C(C)c1ccc(C)cc1. The van der Waals surface area contributed by atoms with Gasteiger partial charge in [-0.05, 0) is 26.3 Å². The van der Waals surface area contributed by atoms with Crippen LogP contribution in [0.5, 0.6) is 0 Å². The molecular weight excluding hydrogens is 162 g/mol. The summed E-state index contributed by atoms with van der Waals surface area (Å²) in [6.45, 7) is 6.55. The van der Waals surface area contributed by atoms with Crippen LogP contribution in [0.25, 0.3) is 0 Å². The van der Waals surface area contributed by atoms with Gasteiger partial charge in [0.25, 0.3) is 0 Å². The molecule has 70 valence electrons. The molecule has 0 heterocycles. The number of hydrogen-bond acceptors (Lipinski definition) is 2. The Morgan fingerprint density at radius 2 is 1.92 bits per heavy atom. The lowest BCUT2D eigenvalue weighted by molar-refractivity contribution is 0.159. The van der Waals surface area contributed by atoms with E-state index in [0.29, 0.717) is 6.61 Å². The van der Waals surface area contributed by atoms with Crippen LogP contribution in [0, 0.1) is 6.92 Å². The Hall–Kier alpha value is -1.31. The van der Waals surface area contributed by atoms with Crippen LogP contribution in [0.1, 0.15) is 25.0 Å². The maximum atomic E-state index is 4.97. The van der Waals surface area contributed by atoms with Gasteiger partial charge in [-0.2, -0.15) is 0 Å². The van der Waals surface area contributed by atoms with E-state index >= 15 is 0 Å². The van der Waals surface area contributed by atoms with Gasteiger partial charge in [-0.25, -0.2) is 0 Å². The number of hydrogen-bond donors (Lipinski definition) is 0. The van der Waals surface area contributed by atoms with Crippen LogP contribution in [0.3, 0.4) is 0 Å². The summed E-state index contributed by atoms with van der Waals surface area (Å²) < 4.78 is 0. The number of nitrogens with zero attached hydrogens (tertiary/aromatic N) is 1. The van der Waals surface area contributed by atoms with Gasteiger partial charge >= 0.3 is 0 Å². The lowest BCUT2D eigenvalue weighted by Crippen LogP contribution is -1.95. The monoisotopic (exact) mass is 177 g/mol. The fourth-order valence-electron chi connectivity index (χ4n) is 1.01. The second-order valence-electron chi connectivity index (χ2n) is 2.96. The van der Waals surface area contributed by atoms with Gasteiger partial charge in [0.1, 0.15) is 6.61 Å². The van der Waals surface area contributed by atoms with Crippen molar-refractivity contribution in [1.29, 1.82) is 0 Å². The molecule has 13 heavy (non-hydrogen) atoms. The predicted molar refractivity (Wildman–Crippen MR) is 55.0 cm³/mol. The summed E-state index contributed by atoms with van der Waals surface area (Å²) in [5.41, 5.74) is 3.29. The van der Waals surface area contributed by atoms with Gasteiger partial charge in [-0.1, -0.05) is 35.0 Å². The van der Waals surface area contributed by atoms with Crippen molar-refractivity contribution in [3.63, 3.8) is 0 Å². The highest BCUT2D eigenvalue weighted by molar-refractivity contribution is 5.98. The molecule has 0 fully saturated rings. The Bertz CT molecular complexity index is 287. The number of benzene rings is 1. The summed E-state index contributed by atoms with van der Waals surface area (Å²) in [7, 11) is 0. The standard InChI is InChI=1S/C11H15NO/c1-4-13-12-10(3)11-7-5-9(2)6-8-11/h5-8H,4H2,1-3H3. The second kappa shape index (κ2) is 4.65. The topological polar surface area (TPSA) is 21.6 Å². The smallest absolute Gasteiger partial charge is 0.114 e. The van der Waals surface area contributed by atoms with Crippen molar-refractivity contribution in [1.82, 2.24) is 0 Å². The first-order chi connectivity index (χ1) is 6.24. The van der Waals surface area contributed by atoms with Crippen molar-refractivity contribution in [2.75, 3.05) is 6.61 Å². The summed E-state index contributed by atoms with van der Waals surface area (Å²) in [6.07, 6.45) is 0. The van der Waals surface area contributed by atoms with Crippen molar-refractivity contribution in [3.8, 4) is 0 Å². The van der Waals surface area contributed by atoms with E-state index in [1.54, 1.807) is 0 Å². The molecule has 0 aliphatic heterocycles. The lowest BCUT2D eigenvalue weighted by Gasteiger charge is -2.00. The number of rotatable bonds is 3. The van der Waals surface area contributed by atoms with Crippen molar-refractivity contribution in [3.05, 3.63) is 35.4 Å². The fraction of sp³-hybridized carbons (Fsp3) is 0.364. The Kier molecular flexibility index (Phi) is 3.50. The molecule has 0 aliphatic rings. The molecule has 0 spiro atoms. The third-order valence-electron chi connectivity index (χ3n) is 1.80. The molecule has 0 unspecified atom stereocenters. The normalized spacial score (nSPS) is 11.5. The summed E-state index contributed by atoms with van der Waals surface area (Å²) in [4.78, 5) is 4.97. The first-order valence-electron chi connectivity index (χ1n) is 4.47. The maximum absolute atomic E-state index is 4.97. The molecule has 2 heteroatoms. The highest BCUT2D eigenvalue weighted by atomic mass is 16.6. The van der Waals surface area contributed by atoms with Crippen LogP contribution in [-0.4, -0.2) is 12.3 Å². The van der Waals surface area contributed by atoms with Crippen molar-refractivity contribution < 1.29 is 4.84 Å². The van der Waals surface area contributed by atoms with Gasteiger partial charge in [0.05, 0.1) is 5.71 Å². The van der Waals surface area contributed by atoms with E-state index in [9.17, 15) is 0 Å². The molecule has 0 atom stereocenters. The Morgan fingerprint density at radius 1 is 1.31 bits per heavy atom. The molecule has 0 radical (unpaired) electrons. The molecule has 0 saturated carbocycles. The van der Waals surface area contributed by atoms with Crippen LogP contribution in [0.15, 0.2) is 29.4 Å². The minimum absolute atomic E-state index is 0.614. The minimum atomic E-state index is 0.614. The quantitative estimate of drug-likeness (QED) is 0.514. The second-order valence-corrected chi connectivity index (χ2v) is 2.96. The Labute approximate surface area is 79.2 Å². The minimum Gasteiger partial charge on any atom is -0.396 e. The van der Waals surface area contributed by atoms with Crippen molar-refractivity contribution in [2.45, 2.75) is 20.8 Å². The lowest BCUT2D eigenvalue weighted by atomic mass is 10.1. The third-order valence-corrected chi connectivity index (χ3v) is 1.80. The van der Waals surface area contributed by atoms with E-state index in [-0.39, 0.29) is 0 Å². The summed E-state index contributed by atoms with van der Waals surface area (Å²) in [5, 5.41) is 3.96. The van der Waals surface area contributed by atoms with E-state index in [0.717, 1.165) is 11.3 Å². The van der Waals surface area contributed by atoms with E-state index in [1.807, 2.05) is 26.0 Å². The van der Waals surface area contributed by atoms with Crippen LogP contribution in [-0.2, 0) is 4.84 Å². The molecule has 0 aliphatic carbocycles. The largest absolute Gasteiger partial charge is 0.396 e. The summed E-state index contributed by atoms with van der Waals surface area (Å²) in [6, 6.07) is 8.24. The van der Waals surface area contributed by atoms with Gasteiger partial charge < -0.3 is 4.84 Å². The van der Waals surface area contributed by atoms with Crippen molar-refractivity contribution in [2.24, 2.45) is 5.16 Å². The molecule has 1 aromatic rings. The highest BCUT2D eigenvalue weighted by Crippen LogP contribution is 2.04. The molecular formula is C11H15NO. The zero-order chi connectivity index (χ0) is 9.68.